The van der Waals surface area contributed by atoms with E-state index in [1.54, 1.807) is 0 Å². The first-order valence-electron chi connectivity index (χ1n) is 5.49. The molecular weight excluding hydrogens is 207 g/mol. The lowest BCUT2D eigenvalue weighted by molar-refractivity contribution is -0.174. The van der Waals surface area contributed by atoms with Gasteiger partial charge in [-0.2, -0.15) is 0 Å². The average Bonchev–Trinajstić information content (AvgIpc) is 2.31. The molecule has 3 heteroatoms. The Morgan fingerprint density at radius 1 is 1.13 bits per heavy atom. The summed E-state index contributed by atoms with van der Waals surface area (Å²) in [6.45, 7) is 0. The Kier molecular flexibility index (Phi) is 4.13. The molecule has 0 spiro atoms. The quantitative estimate of drug-likeness (QED) is 0.738. The summed E-state index contributed by atoms with van der Waals surface area (Å²) in [6.07, 6.45) is 4.78. The maximum Gasteiger partial charge on any atom is 0.0666 e. The van der Waals surface area contributed by atoms with E-state index in [1.807, 2.05) is 6.07 Å². The van der Waals surface area contributed by atoms with Gasteiger partial charge in [-0.1, -0.05) is 52.2 Å². The number of benzene rings is 1. The van der Waals surface area contributed by atoms with Crippen molar-refractivity contribution in [1.82, 2.24) is 0 Å². The Bertz CT molecular complexity index is 287. The van der Waals surface area contributed by atoms with Crippen LogP contribution in [0.2, 0.25) is 0 Å². The molecule has 1 aromatic rings. The number of hydrogen-bond donors (Lipinski definition) is 0. The Morgan fingerprint density at radius 2 is 1.87 bits per heavy atom. The van der Waals surface area contributed by atoms with Crippen molar-refractivity contribution in [2.75, 3.05) is 0 Å². The lowest BCUT2D eigenvalue weighted by Gasteiger charge is -2.32. The molecule has 2 nitrogen and oxygen atoms in total. The molecule has 1 fully saturated rings. The van der Waals surface area contributed by atoms with Crippen molar-refractivity contribution in [2.24, 2.45) is 0 Å². The molecule has 1 aromatic carbocycles. The molecule has 1 saturated carbocycles. The van der Waals surface area contributed by atoms with Crippen LogP contribution < -0.4 is 4.89 Å². The van der Waals surface area contributed by atoms with Crippen LogP contribution in [0.5, 0.6) is 0 Å². The fraction of sp³-hybridized carbons (Fsp3) is 0.500. The van der Waals surface area contributed by atoms with Crippen molar-refractivity contribution in [2.45, 2.75) is 37.7 Å². The summed E-state index contributed by atoms with van der Waals surface area (Å²) < 4.78 is 5.32. The van der Waals surface area contributed by atoms with Gasteiger partial charge in [-0.05, 0) is 18.4 Å². The van der Waals surface area contributed by atoms with Gasteiger partial charge in [-0.25, -0.2) is 0 Å². The minimum atomic E-state index is -0.630. The van der Waals surface area contributed by atoms with Crippen LogP contribution in [-0.4, -0.2) is 6.10 Å². The molecule has 0 radical (unpaired) electrons. The normalized spacial score (nSPS) is 27.3. The van der Waals surface area contributed by atoms with Gasteiger partial charge < -0.3 is 9.42 Å². The Labute approximate surface area is 92.6 Å². The highest BCUT2D eigenvalue weighted by molar-refractivity contribution is 7.23. The molecule has 0 N–H and O–H groups in total. The molecule has 1 unspecified atom stereocenters. The Morgan fingerprint density at radius 3 is 2.60 bits per heavy atom. The van der Waals surface area contributed by atoms with Gasteiger partial charge in [0.1, 0.15) is 0 Å². The maximum atomic E-state index is 10.6. The molecular formula is C12H16O2P-. The molecule has 0 amide bonds. The van der Waals surface area contributed by atoms with E-state index in [-0.39, 0.29) is 6.10 Å². The number of hydrogen-bond acceptors (Lipinski definition) is 2. The van der Waals surface area contributed by atoms with Gasteiger partial charge in [0, 0.05) is 5.92 Å². The molecule has 1 aliphatic carbocycles. The maximum absolute atomic E-state index is 10.6. The van der Waals surface area contributed by atoms with Crippen molar-refractivity contribution in [1.29, 1.82) is 0 Å². The van der Waals surface area contributed by atoms with Gasteiger partial charge in [0.05, 0.1) is 6.10 Å². The van der Waals surface area contributed by atoms with E-state index < -0.39 is 9.03 Å². The second kappa shape index (κ2) is 5.60. The van der Waals surface area contributed by atoms with Crippen molar-refractivity contribution < 1.29 is 9.42 Å². The summed E-state index contributed by atoms with van der Waals surface area (Å²) in [6, 6.07) is 10.4. The Hall–Kier alpha value is -0.430. The zero-order valence-corrected chi connectivity index (χ0v) is 9.69. The highest BCUT2D eigenvalue weighted by Crippen LogP contribution is 2.36. The predicted octanol–water partition coefficient (Wildman–Crippen LogP) is 2.60. The predicted molar refractivity (Wildman–Crippen MR) is 60.8 cm³/mol. The molecule has 3 atom stereocenters. The van der Waals surface area contributed by atoms with Gasteiger partial charge in [-0.3, -0.25) is 0 Å². The largest absolute Gasteiger partial charge is 0.810 e. The molecule has 0 aromatic heterocycles. The van der Waals surface area contributed by atoms with E-state index in [0.717, 1.165) is 12.8 Å². The van der Waals surface area contributed by atoms with Gasteiger partial charge in [0.25, 0.3) is 0 Å². The third-order valence-corrected chi connectivity index (χ3v) is 3.53. The molecule has 0 bridgehead atoms. The zero-order valence-electron chi connectivity index (χ0n) is 8.69. The van der Waals surface area contributed by atoms with E-state index >= 15 is 0 Å². The second-order valence-electron chi connectivity index (χ2n) is 4.04. The summed E-state index contributed by atoms with van der Waals surface area (Å²) in [5, 5.41) is 0. The topological polar surface area (TPSA) is 32.3 Å². The molecule has 2 rings (SSSR count). The van der Waals surface area contributed by atoms with Crippen LogP contribution >= 0.6 is 9.03 Å². The van der Waals surface area contributed by atoms with Crippen LogP contribution in [0.1, 0.15) is 37.2 Å². The summed E-state index contributed by atoms with van der Waals surface area (Å²) in [7, 11) is -0.630. The third-order valence-electron chi connectivity index (χ3n) is 3.13. The van der Waals surface area contributed by atoms with Crippen LogP contribution in [-0.2, 0) is 4.52 Å². The highest BCUT2D eigenvalue weighted by Gasteiger charge is 2.26. The van der Waals surface area contributed by atoms with Crippen LogP contribution in [0.15, 0.2) is 30.3 Å². The monoisotopic (exact) mass is 223 g/mol. The smallest absolute Gasteiger partial charge is 0.0666 e. The second-order valence-corrected chi connectivity index (χ2v) is 4.44. The lowest BCUT2D eigenvalue weighted by atomic mass is 9.82. The van der Waals surface area contributed by atoms with Crippen LogP contribution in [0.4, 0.5) is 0 Å². The molecule has 0 heterocycles. The van der Waals surface area contributed by atoms with Gasteiger partial charge in [-0.15, -0.1) is 0 Å². The standard InChI is InChI=1S/C12H16O2P/c13-15-14-12-9-5-4-8-11(12)10-6-2-1-3-7-10/h1-3,6-7,11-12,15H,4-5,8-9H2/q-1/t11-,12+/m0/s1. The molecule has 1 aliphatic rings. The van der Waals surface area contributed by atoms with Crippen LogP contribution in [0.25, 0.3) is 0 Å². The van der Waals surface area contributed by atoms with Crippen molar-refractivity contribution in [3.05, 3.63) is 35.9 Å². The van der Waals surface area contributed by atoms with E-state index in [1.165, 1.54) is 18.4 Å². The zero-order chi connectivity index (χ0) is 10.5. The fourth-order valence-corrected chi connectivity index (χ4v) is 2.79. The minimum absolute atomic E-state index is 0.150. The highest BCUT2D eigenvalue weighted by atomic mass is 31.1. The fourth-order valence-electron chi connectivity index (χ4n) is 2.38. The van der Waals surface area contributed by atoms with Gasteiger partial charge in [0.2, 0.25) is 0 Å². The van der Waals surface area contributed by atoms with Crippen LogP contribution in [0.3, 0.4) is 0 Å². The van der Waals surface area contributed by atoms with Gasteiger partial charge in [0.15, 0.2) is 0 Å². The summed E-state index contributed by atoms with van der Waals surface area (Å²) in [5.41, 5.74) is 1.32. The van der Waals surface area contributed by atoms with Crippen molar-refractivity contribution >= 4 is 9.03 Å². The summed E-state index contributed by atoms with van der Waals surface area (Å²) >= 11 is 0. The molecule has 0 saturated heterocycles. The first kappa shape index (κ1) is 11.1. The first-order chi connectivity index (χ1) is 7.42. The van der Waals surface area contributed by atoms with Crippen LogP contribution in [0, 0.1) is 0 Å². The van der Waals surface area contributed by atoms with Crippen molar-refractivity contribution in [3.63, 3.8) is 0 Å². The van der Waals surface area contributed by atoms with E-state index in [2.05, 4.69) is 24.3 Å². The lowest BCUT2D eigenvalue weighted by Crippen LogP contribution is -2.24. The van der Waals surface area contributed by atoms with E-state index in [9.17, 15) is 4.89 Å². The summed E-state index contributed by atoms with van der Waals surface area (Å²) in [5.74, 6) is 0.432. The Balaban J connectivity index is 2.11. The van der Waals surface area contributed by atoms with E-state index in [4.69, 9.17) is 4.52 Å². The average molecular weight is 223 g/mol. The first-order valence-corrected chi connectivity index (χ1v) is 6.31. The summed E-state index contributed by atoms with van der Waals surface area (Å²) in [4.78, 5) is 10.6. The molecule has 0 aliphatic heterocycles. The minimum Gasteiger partial charge on any atom is -0.810 e. The van der Waals surface area contributed by atoms with Crippen molar-refractivity contribution in [3.8, 4) is 0 Å². The van der Waals surface area contributed by atoms with Gasteiger partial charge >= 0.3 is 0 Å². The van der Waals surface area contributed by atoms with E-state index in [0.29, 0.717) is 5.92 Å². The molecule has 82 valence electrons. The SMILES string of the molecule is [O-]PO[C@@H]1CCCC[C@H]1c1ccccc1. The third kappa shape index (κ3) is 2.78. The molecule has 15 heavy (non-hydrogen) atoms. The number of rotatable bonds is 3.